The second-order valence-electron chi connectivity index (χ2n) is 7.18. The molecule has 1 aliphatic rings. The molecule has 0 N–H and O–H groups in total. The summed E-state index contributed by atoms with van der Waals surface area (Å²) in [4.78, 5) is 23.9. The predicted octanol–water partition coefficient (Wildman–Crippen LogP) is 2.03. The summed E-state index contributed by atoms with van der Waals surface area (Å²) in [6.07, 6.45) is 3.47. The van der Waals surface area contributed by atoms with Gasteiger partial charge in [0.15, 0.2) is 0 Å². The first-order valence-electron chi connectivity index (χ1n) is 9.87. The van der Waals surface area contributed by atoms with E-state index in [-0.39, 0.29) is 24.0 Å². The van der Waals surface area contributed by atoms with Crippen LogP contribution in [0.5, 0.6) is 0 Å². The van der Waals surface area contributed by atoms with E-state index in [0.717, 1.165) is 0 Å². The number of aromatic nitrogens is 2. The molecule has 0 unspecified atom stereocenters. The normalized spacial score (nSPS) is 14.6. The van der Waals surface area contributed by atoms with Crippen LogP contribution in [0.15, 0.2) is 36.7 Å². The molecule has 0 spiro atoms. The van der Waals surface area contributed by atoms with Crippen molar-refractivity contribution in [1.82, 2.24) is 14.9 Å². The predicted molar refractivity (Wildman–Crippen MR) is 113 cm³/mol. The number of carbonyl (C=O) groups excluding carboxylic acids is 1. The van der Waals surface area contributed by atoms with E-state index in [9.17, 15) is 17.6 Å². The van der Waals surface area contributed by atoms with Crippen LogP contribution in [-0.2, 0) is 21.4 Å². The van der Waals surface area contributed by atoms with Gasteiger partial charge < -0.3 is 9.80 Å². The molecule has 0 atom stereocenters. The molecular formula is C20H26FN5O3S. The third-order valence-electron chi connectivity index (χ3n) is 4.96. The van der Waals surface area contributed by atoms with Gasteiger partial charge in [-0.25, -0.2) is 22.8 Å². The van der Waals surface area contributed by atoms with E-state index < -0.39 is 10.0 Å². The topological polar surface area (TPSA) is 86.7 Å². The molecule has 0 saturated carbocycles. The van der Waals surface area contributed by atoms with Crippen molar-refractivity contribution in [3.63, 3.8) is 0 Å². The van der Waals surface area contributed by atoms with Crippen LogP contribution in [0.3, 0.4) is 0 Å². The smallest absolute Gasteiger partial charge is 0.235 e. The van der Waals surface area contributed by atoms with Gasteiger partial charge in [-0.1, -0.05) is 19.1 Å². The third-order valence-corrected chi connectivity index (χ3v) is 6.89. The number of nitrogens with zero attached hydrogens (tertiary/aromatic N) is 5. The van der Waals surface area contributed by atoms with E-state index in [1.165, 1.54) is 28.8 Å². The van der Waals surface area contributed by atoms with Crippen molar-refractivity contribution in [3.8, 4) is 0 Å². The second-order valence-corrected chi connectivity index (χ2v) is 9.20. The van der Waals surface area contributed by atoms with Gasteiger partial charge in [-0.15, -0.1) is 0 Å². The summed E-state index contributed by atoms with van der Waals surface area (Å²) < 4.78 is 40.2. The van der Waals surface area contributed by atoms with E-state index in [2.05, 4.69) is 9.97 Å². The summed E-state index contributed by atoms with van der Waals surface area (Å²) in [6.45, 7) is 5.85. The van der Waals surface area contributed by atoms with E-state index >= 15 is 0 Å². The number of anilines is 2. The molecule has 1 saturated heterocycles. The minimum Gasteiger partial charge on any atom is -0.339 e. The molecule has 1 aromatic heterocycles. The molecule has 1 fully saturated rings. The zero-order valence-corrected chi connectivity index (χ0v) is 18.0. The summed E-state index contributed by atoms with van der Waals surface area (Å²) in [7, 11) is -3.59. The molecule has 1 aliphatic heterocycles. The summed E-state index contributed by atoms with van der Waals surface area (Å²) in [5.41, 5.74) is 1.03. The largest absolute Gasteiger partial charge is 0.339 e. The van der Waals surface area contributed by atoms with Crippen molar-refractivity contribution in [2.24, 2.45) is 0 Å². The van der Waals surface area contributed by atoms with Crippen LogP contribution in [0.25, 0.3) is 0 Å². The van der Waals surface area contributed by atoms with E-state index in [4.69, 9.17) is 0 Å². The van der Waals surface area contributed by atoms with Gasteiger partial charge in [0.25, 0.3) is 0 Å². The first kappa shape index (κ1) is 21.9. The lowest BCUT2D eigenvalue weighted by Crippen LogP contribution is -2.48. The van der Waals surface area contributed by atoms with Crippen molar-refractivity contribution < 1.29 is 17.6 Å². The van der Waals surface area contributed by atoms with Crippen LogP contribution >= 0.6 is 0 Å². The van der Waals surface area contributed by atoms with Crippen LogP contribution < -0.4 is 9.21 Å². The maximum atomic E-state index is 13.2. The molecule has 0 bridgehead atoms. The molecule has 162 valence electrons. The molecule has 30 heavy (non-hydrogen) atoms. The number of benzene rings is 1. The van der Waals surface area contributed by atoms with E-state index in [1.807, 2.05) is 4.90 Å². The van der Waals surface area contributed by atoms with Crippen molar-refractivity contribution in [3.05, 3.63) is 48.0 Å². The Hall–Kier alpha value is -2.75. The Balaban J connectivity index is 1.80. The molecule has 1 aromatic carbocycles. The number of halogens is 1. The van der Waals surface area contributed by atoms with Crippen molar-refractivity contribution in [1.29, 1.82) is 0 Å². The van der Waals surface area contributed by atoms with Gasteiger partial charge in [0.05, 0.1) is 30.4 Å². The molecule has 1 amide bonds. The van der Waals surface area contributed by atoms with E-state index in [1.54, 1.807) is 30.9 Å². The molecule has 2 aromatic rings. The van der Waals surface area contributed by atoms with Gasteiger partial charge in [0.1, 0.15) is 5.82 Å². The van der Waals surface area contributed by atoms with Gasteiger partial charge >= 0.3 is 0 Å². The minimum atomic E-state index is -3.59. The van der Waals surface area contributed by atoms with Crippen LogP contribution in [-0.4, -0.2) is 61.1 Å². The molecule has 8 nitrogen and oxygen atoms in total. The average molecular weight is 436 g/mol. The van der Waals surface area contributed by atoms with Gasteiger partial charge in [0, 0.05) is 33.1 Å². The van der Waals surface area contributed by atoms with Crippen LogP contribution in [0.4, 0.5) is 16.0 Å². The Morgan fingerprint density at radius 2 is 1.70 bits per heavy atom. The number of piperazine rings is 1. The first-order chi connectivity index (χ1) is 14.3. The van der Waals surface area contributed by atoms with Crippen LogP contribution in [0, 0.1) is 5.82 Å². The highest BCUT2D eigenvalue weighted by Crippen LogP contribution is 2.22. The Kier molecular flexibility index (Phi) is 6.86. The zero-order valence-electron chi connectivity index (χ0n) is 17.2. The van der Waals surface area contributed by atoms with Crippen LogP contribution in [0.1, 0.15) is 25.8 Å². The van der Waals surface area contributed by atoms with Gasteiger partial charge in [-0.3, -0.25) is 9.10 Å². The molecule has 3 rings (SSSR count). The van der Waals surface area contributed by atoms with Gasteiger partial charge in [-0.2, -0.15) is 0 Å². The van der Waals surface area contributed by atoms with Crippen molar-refractivity contribution in [2.75, 3.05) is 41.1 Å². The number of carbonyl (C=O) groups is 1. The monoisotopic (exact) mass is 435 g/mol. The Morgan fingerprint density at radius 3 is 2.23 bits per heavy atom. The molecule has 10 heteroatoms. The van der Waals surface area contributed by atoms with Crippen molar-refractivity contribution in [2.45, 2.75) is 26.8 Å². The Labute approximate surface area is 176 Å². The van der Waals surface area contributed by atoms with Gasteiger partial charge in [-0.05, 0) is 24.1 Å². The number of rotatable bonds is 7. The summed E-state index contributed by atoms with van der Waals surface area (Å²) in [6, 6.07) is 5.74. The highest BCUT2D eigenvalue weighted by atomic mass is 32.2. The molecule has 0 aliphatic carbocycles. The first-order valence-corrected chi connectivity index (χ1v) is 11.5. The summed E-state index contributed by atoms with van der Waals surface area (Å²) in [5.74, 6) is 0.155. The highest BCUT2D eigenvalue weighted by Gasteiger charge is 2.24. The summed E-state index contributed by atoms with van der Waals surface area (Å²) >= 11 is 0. The third kappa shape index (κ3) is 5.24. The lowest BCUT2D eigenvalue weighted by atomic mass is 10.2. The molecule has 0 radical (unpaired) electrons. The van der Waals surface area contributed by atoms with Gasteiger partial charge in [0.2, 0.25) is 21.9 Å². The van der Waals surface area contributed by atoms with Crippen molar-refractivity contribution >= 4 is 27.6 Å². The second kappa shape index (κ2) is 9.38. The molecule has 2 heterocycles. The lowest BCUT2D eigenvalue weighted by Gasteiger charge is -2.34. The number of amides is 1. The minimum absolute atomic E-state index is 0.0110. The number of hydrogen-bond acceptors (Lipinski definition) is 6. The highest BCUT2D eigenvalue weighted by molar-refractivity contribution is 7.92. The zero-order chi connectivity index (χ0) is 21.7. The standard InChI is InChI=1S/C20H26FN5O3S/c1-3-12-30(28,29)26(15-17-4-6-18(21)7-5-17)19-13-22-20(23-14-19)25-10-8-24(9-11-25)16(2)27/h4-7,13-14H,3,8-12,15H2,1-2H3. The maximum Gasteiger partial charge on any atom is 0.235 e. The fraction of sp³-hybridized carbons (Fsp3) is 0.450. The fourth-order valence-electron chi connectivity index (χ4n) is 3.30. The SMILES string of the molecule is CCCS(=O)(=O)N(Cc1ccc(F)cc1)c1cnc(N2CCN(C(C)=O)CC2)nc1. The number of sulfonamides is 1. The Bertz CT molecular complexity index is 959. The lowest BCUT2D eigenvalue weighted by molar-refractivity contribution is -0.129. The summed E-state index contributed by atoms with van der Waals surface area (Å²) in [5, 5.41) is 0. The fourth-order valence-corrected chi connectivity index (χ4v) is 4.80. The van der Waals surface area contributed by atoms with E-state index in [0.29, 0.717) is 49.8 Å². The molecular weight excluding hydrogens is 409 g/mol. The average Bonchev–Trinajstić information content (AvgIpc) is 2.73. The quantitative estimate of drug-likeness (QED) is 0.662. The Morgan fingerprint density at radius 1 is 1.10 bits per heavy atom. The number of hydrogen-bond donors (Lipinski definition) is 0. The van der Waals surface area contributed by atoms with Crippen LogP contribution in [0.2, 0.25) is 0 Å². The maximum absolute atomic E-state index is 13.2.